The molecule has 1 amide bonds. The number of aryl methyl sites for hydroxylation is 1. The van der Waals surface area contributed by atoms with Crippen LogP contribution < -0.4 is 5.32 Å². The van der Waals surface area contributed by atoms with Gasteiger partial charge >= 0.3 is 0 Å². The van der Waals surface area contributed by atoms with Gasteiger partial charge in [-0.25, -0.2) is 0 Å². The molecule has 4 heteroatoms. The number of amides is 1. The summed E-state index contributed by atoms with van der Waals surface area (Å²) in [5, 5.41) is 3.67. The summed E-state index contributed by atoms with van der Waals surface area (Å²) >= 11 is 3.40. The molecule has 2 rings (SSSR count). The minimum absolute atomic E-state index is 0.179. The van der Waals surface area contributed by atoms with Crippen molar-refractivity contribution < 1.29 is 9.21 Å². The van der Waals surface area contributed by atoms with Crippen LogP contribution in [0, 0.1) is 6.92 Å². The standard InChI is InChI=1S/C14H14BrNO2/c1-10-6-7-18-13(10)14(17)16-9-12-4-2-11(8-15)3-5-12/h2-7H,8-9H2,1H3,(H,16,17). The number of carbonyl (C=O) groups excluding carboxylic acids is 1. The Morgan fingerprint density at radius 1 is 1.22 bits per heavy atom. The first-order valence-electron chi connectivity index (χ1n) is 5.67. The first-order valence-corrected chi connectivity index (χ1v) is 6.79. The Bertz CT molecular complexity index is 531. The lowest BCUT2D eigenvalue weighted by Crippen LogP contribution is -2.22. The number of benzene rings is 1. The molecule has 1 aromatic carbocycles. The summed E-state index contributed by atoms with van der Waals surface area (Å²) in [5.74, 6) is 0.203. The Labute approximate surface area is 114 Å². The maximum Gasteiger partial charge on any atom is 0.287 e. The normalized spacial score (nSPS) is 10.3. The second-order valence-electron chi connectivity index (χ2n) is 4.07. The minimum Gasteiger partial charge on any atom is -0.459 e. The van der Waals surface area contributed by atoms with Gasteiger partial charge in [-0.3, -0.25) is 4.79 Å². The van der Waals surface area contributed by atoms with E-state index >= 15 is 0 Å². The molecule has 0 unspecified atom stereocenters. The zero-order valence-electron chi connectivity index (χ0n) is 10.1. The first-order chi connectivity index (χ1) is 8.70. The van der Waals surface area contributed by atoms with Gasteiger partial charge in [0.05, 0.1) is 6.26 Å². The van der Waals surface area contributed by atoms with Crippen LogP contribution in [0.5, 0.6) is 0 Å². The molecular weight excluding hydrogens is 294 g/mol. The lowest BCUT2D eigenvalue weighted by Gasteiger charge is -2.05. The van der Waals surface area contributed by atoms with Crippen molar-refractivity contribution in [2.75, 3.05) is 0 Å². The summed E-state index contributed by atoms with van der Waals surface area (Å²) in [6.07, 6.45) is 1.52. The Hall–Kier alpha value is -1.55. The molecule has 18 heavy (non-hydrogen) atoms. The SMILES string of the molecule is Cc1ccoc1C(=O)NCc1ccc(CBr)cc1. The van der Waals surface area contributed by atoms with Gasteiger partial charge in [0.25, 0.3) is 5.91 Å². The van der Waals surface area contributed by atoms with Crippen LogP contribution in [0.1, 0.15) is 27.2 Å². The van der Waals surface area contributed by atoms with Gasteiger partial charge in [0.15, 0.2) is 5.76 Å². The van der Waals surface area contributed by atoms with Gasteiger partial charge in [-0.2, -0.15) is 0 Å². The Morgan fingerprint density at radius 2 is 1.89 bits per heavy atom. The van der Waals surface area contributed by atoms with E-state index in [4.69, 9.17) is 4.42 Å². The van der Waals surface area contributed by atoms with E-state index in [2.05, 4.69) is 21.2 Å². The van der Waals surface area contributed by atoms with Gasteiger partial charge < -0.3 is 9.73 Å². The molecule has 94 valence electrons. The summed E-state index contributed by atoms with van der Waals surface area (Å²) < 4.78 is 5.13. The quantitative estimate of drug-likeness (QED) is 0.880. The van der Waals surface area contributed by atoms with Crippen molar-refractivity contribution in [2.45, 2.75) is 18.8 Å². The number of carbonyl (C=O) groups is 1. The molecule has 2 aromatic rings. The van der Waals surface area contributed by atoms with E-state index in [-0.39, 0.29) is 5.91 Å². The maximum atomic E-state index is 11.8. The zero-order valence-corrected chi connectivity index (χ0v) is 11.7. The highest BCUT2D eigenvalue weighted by atomic mass is 79.9. The minimum atomic E-state index is -0.179. The van der Waals surface area contributed by atoms with Gasteiger partial charge in [0.2, 0.25) is 0 Å². The van der Waals surface area contributed by atoms with Gasteiger partial charge in [-0.05, 0) is 24.1 Å². The fourth-order valence-corrected chi connectivity index (χ4v) is 1.99. The van der Waals surface area contributed by atoms with Crippen molar-refractivity contribution in [2.24, 2.45) is 0 Å². The maximum absolute atomic E-state index is 11.8. The predicted molar refractivity (Wildman–Crippen MR) is 73.7 cm³/mol. The molecule has 0 saturated heterocycles. The van der Waals surface area contributed by atoms with Gasteiger partial charge in [-0.15, -0.1) is 0 Å². The fraction of sp³-hybridized carbons (Fsp3) is 0.214. The Kier molecular flexibility index (Phi) is 4.20. The summed E-state index contributed by atoms with van der Waals surface area (Å²) in [6.45, 7) is 2.35. The largest absolute Gasteiger partial charge is 0.459 e. The van der Waals surface area contributed by atoms with E-state index in [1.807, 2.05) is 31.2 Å². The van der Waals surface area contributed by atoms with Crippen molar-refractivity contribution >= 4 is 21.8 Å². The molecule has 0 spiro atoms. The van der Waals surface area contributed by atoms with E-state index in [1.165, 1.54) is 11.8 Å². The first kappa shape index (κ1) is 12.9. The number of rotatable bonds is 4. The number of alkyl halides is 1. The average molecular weight is 308 g/mol. The highest BCUT2D eigenvalue weighted by molar-refractivity contribution is 9.08. The molecule has 0 fully saturated rings. The van der Waals surface area contributed by atoms with Gasteiger partial charge in [0.1, 0.15) is 0 Å². The van der Waals surface area contributed by atoms with Crippen LogP contribution in [0.25, 0.3) is 0 Å². The van der Waals surface area contributed by atoms with Crippen molar-refractivity contribution in [3.8, 4) is 0 Å². The summed E-state index contributed by atoms with van der Waals surface area (Å²) in [6, 6.07) is 9.86. The molecule has 0 atom stereocenters. The second kappa shape index (κ2) is 5.87. The molecule has 0 aliphatic heterocycles. The Balaban J connectivity index is 1.95. The summed E-state index contributed by atoms with van der Waals surface area (Å²) in [7, 11) is 0. The fourth-order valence-electron chi connectivity index (χ4n) is 1.61. The zero-order chi connectivity index (χ0) is 13.0. The summed E-state index contributed by atoms with van der Waals surface area (Å²) in [5.41, 5.74) is 3.13. The lowest BCUT2D eigenvalue weighted by atomic mass is 10.1. The number of furan rings is 1. The molecule has 0 aliphatic rings. The summed E-state index contributed by atoms with van der Waals surface area (Å²) in [4.78, 5) is 11.8. The van der Waals surface area contributed by atoms with Gasteiger partial charge in [-0.1, -0.05) is 40.2 Å². The van der Waals surface area contributed by atoms with Crippen molar-refractivity contribution in [3.63, 3.8) is 0 Å². The number of hydrogen-bond donors (Lipinski definition) is 1. The molecule has 3 nitrogen and oxygen atoms in total. The lowest BCUT2D eigenvalue weighted by molar-refractivity contribution is 0.0922. The molecular formula is C14H14BrNO2. The number of hydrogen-bond acceptors (Lipinski definition) is 2. The van der Waals surface area contributed by atoms with E-state index < -0.39 is 0 Å². The highest BCUT2D eigenvalue weighted by Crippen LogP contribution is 2.10. The molecule has 0 radical (unpaired) electrons. The van der Waals surface area contributed by atoms with Crippen LogP contribution in [0.15, 0.2) is 41.0 Å². The van der Waals surface area contributed by atoms with Crippen LogP contribution in [0.3, 0.4) is 0 Å². The van der Waals surface area contributed by atoms with E-state index in [1.54, 1.807) is 6.07 Å². The van der Waals surface area contributed by atoms with Crippen LogP contribution >= 0.6 is 15.9 Å². The van der Waals surface area contributed by atoms with E-state index in [9.17, 15) is 4.79 Å². The number of halogens is 1. The topological polar surface area (TPSA) is 42.2 Å². The molecule has 0 bridgehead atoms. The van der Waals surface area contributed by atoms with Crippen LogP contribution in [0.4, 0.5) is 0 Å². The van der Waals surface area contributed by atoms with E-state index in [0.717, 1.165) is 16.5 Å². The third-order valence-electron chi connectivity index (χ3n) is 2.70. The predicted octanol–water partition coefficient (Wildman–Crippen LogP) is 3.41. The molecule has 1 heterocycles. The van der Waals surface area contributed by atoms with Crippen LogP contribution in [0.2, 0.25) is 0 Å². The smallest absolute Gasteiger partial charge is 0.287 e. The molecule has 1 aromatic heterocycles. The van der Waals surface area contributed by atoms with Crippen molar-refractivity contribution in [1.82, 2.24) is 5.32 Å². The van der Waals surface area contributed by atoms with Crippen LogP contribution in [-0.2, 0) is 11.9 Å². The van der Waals surface area contributed by atoms with Crippen molar-refractivity contribution in [1.29, 1.82) is 0 Å². The molecule has 1 N–H and O–H groups in total. The number of nitrogens with one attached hydrogen (secondary N) is 1. The van der Waals surface area contributed by atoms with Gasteiger partial charge in [0, 0.05) is 17.4 Å². The molecule has 0 saturated carbocycles. The van der Waals surface area contributed by atoms with E-state index in [0.29, 0.717) is 12.3 Å². The Morgan fingerprint density at radius 3 is 2.44 bits per heavy atom. The monoisotopic (exact) mass is 307 g/mol. The third kappa shape index (κ3) is 3.01. The highest BCUT2D eigenvalue weighted by Gasteiger charge is 2.11. The average Bonchev–Trinajstić information content (AvgIpc) is 2.83. The van der Waals surface area contributed by atoms with Crippen molar-refractivity contribution in [3.05, 3.63) is 59.0 Å². The second-order valence-corrected chi connectivity index (χ2v) is 4.63. The molecule has 0 aliphatic carbocycles. The van der Waals surface area contributed by atoms with Crippen LogP contribution in [-0.4, -0.2) is 5.91 Å². The third-order valence-corrected chi connectivity index (χ3v) is 3.35.